The lowest BCUT2D eigenvalue weighted by Crippen LogP contribution is -2.44. The third kappa shape index (κ3) is 3.78. The maximum absolute atomic E-state index is 9.44. The second-order valence-corrected chi connectivity index (χ2v) is 6.99. The lowest BCUT2D eigenvalue weighted by atomic mass is 10.1. The quantitative estimate of drug-likeness (QED) is 0.914. The monoisotopic (exact) mass is 350 g/mol. The Kier molecular flexibility index (Phi) is 5.38. The van der Waals surface area contributed by atoms with Gasteiger partial charge in [0, 0.05) is 31.9 Å². The summed E-state index contributed by atoms with van der Waals surface area (Å²) >= 11 is 0. The Morgan fingerprint density at radius 3 is 2.35 bits per heavy atom. The summed E-state index contributed by atoms with van der Waals surface area (Å²) in [6, 6.07) is 10.9. The molecule has 0 radical (unpaired) electrons. The van der Waals surface area contributed by atoms with Gasteiger partial charge in [-0.2, -0.15) is 10.4 Å². The van der Waals surface area contributed by atoms with Gasteiger partial charge in [-0.25, -0.2) is 0 Å². The van der Waals surface area contributed by atoms with Crippen LogP contribution >= 0.6 is 0 Å². The Morgan fingerprint density at radius 2 is 1.73 bits per heavy atom. The summed E-state index contributed by atoms with van der Waals surface area (Å²) in [7, 11) is 2.17. The van der Waals surface area contributed by atoms with Gasteiger partial charge in [0.15, 0.2) is 5.82 Å². The number of hydrogen-bond acceptors (Lipinski definition) is 6. The molecular formula is C20H26N6. The first-order valence-corrected chi connectivity index (χ1v) is 9.03. The van der Waals surface area contributed by atoms with Crippen LogP contribution in [0.5, 0.6) is 0 Å². The molecule has 0 bridgehead atoms. The number of rotatable bonds is 4. The molecule has 6 nitrogen and oxygen atoms in total. The van der Waals surface area contributed by atoms with Crippen LogP contribution in [0.2, 0.25) is 0 Å². The molecule has 3 rings (SSSR count). The minimum Gasteiger partial charge on any atom is -0.369 e. The van der Waals surface area contributed by atoms with E-state index in [9.17, 15) is 5.26 Å². The van der Waals surface area contributed by atoms with E-state index in [1.165, 1.54) is 5.69 Å². The van der Waals surface area contributed by atoms with Gasteiger partial charge in [-0.15, -0.1) is 5.10 Å². The highest BCUT2D eigenvalue weighted by Crippen LogP contribution is 2.25. The molecule has 6 heteroatoms. The highest BCUT2D eigenvalue weighted by molar-refractivity contribution is 5.57. The molecule has 1 atom stereocenters. The zero-order valence-corrected chi connectivity index (χ0v) is 16.0. The molecule has 0 spiro atoms. The van der Waals surface area contributed by atoms with Gasteiger partial charge in [0.2, 0.25) is 0 Å². The minimum atomic E-state index is 0.0417. The van der Waals surface area contributed by atoms with Crippen molar-refractivity contribution in [1.29, 1.82) is 5.26 Å². The predicted octanol–water partition coefficient (Wildman–Crippen LogP) is 2.89. The molecule has 1 fully saturated rings. The molecule has 1 saturated heterocycles. The number of aromatic nitrogens is 2. The van der Waals surface area contributed by atoms with Crippen LogP contribution in [0.3, 0.4) is 0 Å². The van der Waals surface area contributed by atoms with Gasteiger partial charge < -0.3 is 15.1 Å². The lowest BCUT2D eigenvalue weighted by molar-refractivity contribution is 0.313. The molecule has 0 aliphatic carbocycles. The van der Waals surface area contributed by atoms with Crippen LogP contribution in [0.25, 0.3) is 0 Å². The Labute approximate surface area is 155 Å². The van der Waals surface area contributed by atoms with E-state index in [4.69, 9.17) is 0 Å². The van der Waals surface area contributed by atoms with E-state index in [1.54, 1.807) is 0 Å². The van der Waals surface area contributed by atoms with Crippen LogP contribution in [0.15, 0.2) is 24.3 Å². The van der Waals surface area contributed by atoms with Crippen molar-refractivity contribution < 1.29 is 0 Å². The average Bonchev–Trinajstić information content (AvgIpc) is 2.66. The highest BCUT2D eigenvalue weighted by Gasteiger charge is 2.16. The zero-order chi connectivity index (χ0) is 18.7. The van der Waals surface area contributed by atoms with Crippen molar-refractivity contribution in [2.24, 2.45) is 0 Å². The van der Waals surface area contributed by atoms with Gasteiger partial charge in [-0.05, 0) is 51.1 Å². The van der Waals surface area contributed by atoms with Crippen molar-refractivity contribution in [3.05, 3.63) is 46.6 Å². The minimum absolute atomic E-state index is 0.0417. The summed E-state index contributed by atoms with van der Waals surface area (Å²) in [4.78, 5) is 4.78. The van der Waals surface area contributed by atoms with E-state index in [2.05, 4.69) is 69.6 Å². The summed E-state index contributed by atoms with van der Waals surface area (Å²) in [6.45, 7) is 10.2. The SMILES string of the molecule is Cc1nnc(N[C@H](C)c2ccc(N3CCN(C)CC3)cc2)c(C#N)c1C. The van der Waals surface area contributed by atoms with Crippen molar-refractivity contribution in [3.63, 3.8) is 0 Å². The van der Waals surface area contributed by atoms with Crippen LogP contribution in [0.4, 0.5) is 11.5 Å². The fraction of sp³-hybridized carbons (Fsp3) is 0.450. The third-order valence-corrected chi connectivity index (χ3v) is 5.18. The van der Waals surface area contributed by atoms with Crippen LogP contribution in [0, 0.1) is 25.2 Å². The number of nitrogens with zero attached hydrogens (tertiary/aromatic N) is 5. The number of piperazine rings is 1. The summed E-state index contributed by atoms with van der Waals surface area (Å²) < 4.78 is 0. The topological polar surface area (TPSA) is 68.1 Å². The molecule has 1 aromatic carbocycles. The maximum Gasteiger partial charge on any atom is 0.167 e. The molecule has 0 amide bonds. The van der Waals surface area contributed by atoms with E-state index in [0.29, 0.717) is 11.4 Å². The van der Waals surface area contributed by atoms with Gasteiger partial charge in [0.25, 0.3) is 0 Å². The Bertz CT molecular complexity index is 800. The molecular weight excluding hydrogens is 324 g/mol. The number of hydrogen-bond donors (Lipinski definition) is 1. The second kappa shape index (κ2) is 7.71. The number of nitriles is 1. The lowest BCUT2D eigenvalue weighted by Gasteiger charge is -2.34. The average molecular weight is 350 g/mol. The molecule has 0 saturated carbocycles. The van der Waals surface area contributed by atoms with E-state index >= 15 is 0 Å². The molecule has 2 aromatic rings. The molecule has 26 heavy (non-hydrogen) atoms. The largest absolute Gasteiger partial charge is 0.369 e. The summed E-state index contributed by atoms with van der Waals surface area (Å²) in [5.41, 5.74) is 4.65. The Balaban J connectivity index is 1.72. The summed E-state index contributed by atoms with van der Waals surface area (Å²) in [5, 5.41) is 21.1. The van der Waals surface area contributed by atoms with Crippen LogP contribution in [-0.2, 0) is 0 Å². The van der Waals surface area contributed by atoms with Gasteiger partial charge in [0.1, 0.15) is 11.6 Å². The van der Waals surface area contributed by atoms with Crippen molar-refractivity contribution >= 4 is 11.5 Å². The molecule has 1 aliphatic heterocycles. The molecule has 2 heterocycles. The molecule has 136 valence electrons. The molecule has 1 aliphatic rings. The van der Waals surface area contributed by atoms with Crippen molar-refractivity contribution in [2.45, 2.75) is 26.8 Å². The first-order valence-electron chi connectivity index (χ1n) is 9.03. The number of anilines is 2. The maximum atomic E-state index is 9.44. The van der Waals surface area contributed by atoms with Crippen molar-refractivity contribution in [1.82, 2.24) is 15.1 Å². The van der Waals surface area contributed by atoms with Gasteiger partial charge >= 0.3 is 0 Å². The first-order chi connectivity index (χ1) is 12.5. The fourth-order valence-corrected chi connectivity index (χ4v) is 3.17. The van der Waals surface area contributed by atoms with Crippen LogP contribution in [-0.4, -0.2) is 48.3 Å². The number of aryl methyl sites for hydroxylation is 1. The molecule has 0 unspecified atom stereocenters. The first kappa shape index (κ1) is 18.2. The molecule has 1 aromatic heterocycles. The highest BCUT2D eigenvalue weighted by atomic mass is 15.2. The number of nitrogens with one attached hydrogen (secondary N) is 1. The predicted molar refractivity (Wildman–Crippen MR) is 104 cm³/mol. The smallest absolute Gasteiger partial charge is 0.167 e. The third-order valence-electron chi connectivity index (χ3n) is 5.18. The van der Waals surface area contributed by atoms with E-state index < -0.39 is 0 Å². The van der Waals surface area contributed by atoms with E-state index in [-0.39, 0.29) is 6.04 Å². The van der Waals surface area contributed by atoms with E-state index in [0.717, 1.165) is 43.0 Å². The second-order valence-electron chi connectivity index (χ2n) is 6.99. The number of benzene rings is 1. The van der Waals surface area contributed by atoms with Gasteiger partial charge in [0.05, 0.1) is 11.7 Å². The normalized spacial score (nSPS) is 16.2. The fourth-order valence-electron chi connectivity index (χ4n) is 3.17. The van der Waals surface area contributed by atoms with Crippen LogP contribution < -0.4 is 10.2 Å². The standard InChI is InChI=1S/C20H26N6/c1-14-15(2)23-24-20(19(14)13-21)22-16(3)17-5-7-18(8-6-17)26-11-9-25(4)10-12-26/h5-8,16H,9-12H2,1-4H3,(H,22,24)/t16-/m1/s1. The van der Waals surface area contributed by atoms with Crippen molar-refractivity contribution in [3.8, 4) is 6.07 Å². The van der Waals surface area contributed by atoms with Gasteiger partial charge in [-0.1, -0.05) is 12.1 Å². The van der Waals surface area contributed by atoms with Gasteiger partial charge in [-0.3, -0.25) is 0 Å². The molecule has 1 N–H and O–H groups in total. The zero-order valence-electron chi connectivity index (χ0n) is 16.0. The van der Waals surface area contributed by atoms with Crippen LogP contribution in [0.1, 0.15) is 35.3 Å². The Hall–Kier alpha value is -2.65. The number of likely N-dealkylation sites (N-methyl/N-ethyl adjacent to an activating group) is 1. The Morgan fingerprint density at radius 1 is 1.08 bits per heavy atom. The summed E-state index contributed by atoms with van der Waals surface area (Å²) in [5.74, 6) is 0.547. The van der Waals surface area contributed by atoms with Crippen molar-refractivity contribution in [2.75, 3.05) is 43.4 Å². The van der Waals surface area contributed by atoms with E-state index in [1.807, 2.05) is 13.8 Å². The summed E-state index contributed by atoms with van der Waals surface area (Å²) in [6.07, 6.45) is 0.